The lowest BCUT2D eigenvalue weighted by Gasteiger charge is -2.11. The van der Waals surface area contributed by atoms with Crippen LogP contribution in [-0.4, -0.2) is 17.1 Å². The molecule has 0 saturated heterocycles. The standard InChI is InChI=1S/C14H15N3O/c18-14(11-3-5-15-6-4-11)17-16-9-13-8-10-1-2-12(13)7-10/h1-6,9-10,12-13H,7-8H2,(H,17,18)/b16-9-/t10-,12+,13-/m1/s1. The van der Waals surface area contributed by atoms with Gasteiger partial charge in [0.25, 0.3) is 5.91 Å². The zero-order chi connectivity index (χ0) is 12.4. The minimum absolute atomic E-state index is 0.188. The molecule has 0 unspecified atom stereocenters. The van der Waals surface area contributed by atoms with Crippen LogP contribution in [0.5, 0.6) is 0 Å². The Morgan fingerprint density at radius 2 is 2.17 bits per heavy atom. The van der Waals surface area contributed by atoms with Crippen molar-refractivity contribution in [1.29, 1.82) is 0 Å². The highest BCUT2D eigenvalue weighted by atomic mass is 16.2. The smallest absolute Gasteiger partial charge is 0.267 e. The second-order valence-electron chi connectivity index (χ2n) is 4.90. The van der Waals surface area contributed by atoms with Gasteiger partial charge in [0, 0.05) is 30.1 Å². The molecule has 4 heteroatoms. The molecule has 0 aromatic carbocycles. The number of rotatable bonds is 3. The molecular weight excluding hydrogens is 226 g/mol. The van der Waals surface area contributed by atoms with Crippen LogP contribution >= 0.6 is 0 Å². The molecule has 1 heterocycles. The molecule has 2 aliphatic rings. The number of pyridine rings is 1. The van der Waals surface area contributed by atoms with E-state index in [0.717, 1.165) is 12.3 Å². The lowest BCUT2D eigenvalue weighted by atomic mass is 9.95. The number of nitrogens with one attached hydrogen (secondary N) is 1. The fourth-order valence-electron chi connectivity index (χ4n) is 2.75. The minimum Gasteiger partial charge on any atom is -0.267 e. The van der Waals surface area contributed by atoms with Crippen molar-refractivity contribution in [2.24, 2.45) is 22.9 Å². The number of nitrogens with zero attached hydrogens (tertiary/aromatic N) is 2. The third-order valence-corrected chi connectivity index (χ3v) is 3.70. The number of carbonyl (C=O) groups excluding carboxylic acids is 1. The summed E-state index contributed by atoms with van der Waals surface area (Å²) in [6, 6.07) is 3.34. The van der Waals surface area contributed by atoms with Crippen LogP contribution in [0.2, 0.25) is 0 Å². The topological polar surface area (TPSA) is 54.4 Å². The summed E-state index contributed by atoms with van der Waals surface area (Å²) in [5.74, 6) is 1.64. The fourth-order valence-corrected chi connectivity index (χ4v) is 2.75. The van der Waals surface area contributed by atoms with E-state index < -0.39 is 0 Å². The molecule has 2 bridgehead atoms. The summed E-state index contributed by atoms with van der Waals surface area (Å²) in [7, 11) is 0. The fraction of sp³-hybridized carbons (Fsp3) is 0.357. The van der Waals surface area contributed by atoms with Crippen molar-refractivity contribution < 1.29 is 4.79 Å². The molecule has 1 fully saturated rings. The van der Waals surface area contributed by atoms with Crippen molar-refractivity contribution in [3.8, 4) is 0 Å². The molecule has 2 aliphatic carbocycles. The molecule has 0 spiro atoms. The van der Waals surface area contributed by atoms with E-state index in [4.69, 9.17) is 0 Å². The van der Waals surface area contributed by atoms with Crippen molar-refractivity contribution in [3.05, 3.63) is 42.2 Å². The number of fused-ring (bicyclic) bond motifs is 2. The third-order valence-electron chi connectivity index (χ3n) is 3.70. The predicted molar refractivity (Wildman–Crippen MR) is 69.0 cm³/mol. The molecule has 1 N–H and O–H groups in total. The summed E-state index contributed by atoms with van der Waals surface area (Å²) in [6.07, 6.45) is 12.1. The molecule has 0 aliphatic heterocycles. The lowest BCUT2D eigenvalue weighted by molar-refractivity contribution is 0.0955. The summed E-state index contributed by atoms with van der Waals surface area (Å²) >= 11 is 0. The van der Waals surface area contributed by atoms with Gasteiger partial charge in [-0.25, -0.2) is 5.43 Å². The van der Waals surface area contributed by atoms with E-state index in [-0.39, 0.29) is 5.91 Å². The maximum absolute atomic E-state index is 11.7. The summed E-state index contributed by atoms with van der Waals surface area (Å²) in [5.41, 5.74) is 3.14. The van der Waals surface area contributed by atoms with Crippen LogP contribution in [-0.2, 0) is 0 Å². The first-order valence-electron chi connectivity index (χ1n) is 6.25. The molecule has 92 valence electrons. The van der Waals surface area contributed by atoms with Crippen LogP contribution in [0, 0.1) is 17.8 Å². The molecule has 4 nitrogen and oxygen atoms in total. The summed E-state index contributed by atoms with van der Waals surface area (Å²) in [5, 5.41) is 4.07. The van der Waals surface area contributed by atoms with Crippen LogP contribution < -0.4 is 5.43 Å². The molecule has 0 radical (unpaired) electrons. The minimum atomic E-state index is -0.188. The van der Waals surface area contributed by atoms with E-state index in [9.17, 15) is 4.79 Å². The van der Waals surface area contributed by atoms with E-state index in [0.29, 0.717) is 17.4 Å². The van der Waals surface area contributed by atoms with Gasteiger partial charge in [-0.2, -0.15) is 5.10 Å². The van der Waals surface area contributed by atoms with Crippen LogP contribution in [0.15, 0.2) is 41.8 Å². The van der Waals surface area contributed by atoms with Gasteiger partial charge in [-0.1, -0.05) is 12.2 Å². The van der Waals surface area contributed by atoms with Crippen molar-refractivity contribution >= 4 is 12.1 Å². The Morgan fingerprint density at radius 3 is 2.83 bits per heavy atom. The van der Waals surface area contributed by atoms with Gasteiger partial charge in [0.05, 0.1) is 0 Å². The van der Waals surface area contributed by atoms with Crippen LogP contribution in [0.3, 0.4) is 0 Å². The van der Waals surface area contributed by atoms with E-state index >= 15 is 0 Å². The molecule has 1 aromatic rings. The molecule has 1 amide bonds. The van der Waals surface area contributed by atoms with Crippen LogP contribution in [0.4, 0.5) is 0 Å². The number of amides is 1. The lowest BCUT2D eigenvalue weighted by Crippen LogP contribution is -2.19. The first-order chi connectivity index (χ1) is 8.83. The first-order valence-corrected chi connectivity index (χ1v) is 6.25. The average Bonchev–Trinajstić information content (AvgIpc) is 3.02. The number of allylic oxidation sites excluding steroid dienone is 2. The van der Waals surface area contributed by atoms with Crippen molar-refractivity contribution in [1.82, 2.24) is 10.4 Å². The summed E-state index contributed by atoms with van der Waals surface area (Å²) < 4.78 is 0. The Kier molecular flexibility index (Phi) is 2.92. The Bertz CT molecular complexity index is 495. The van der Waals surface area contributed by atoms with E-state index in [1.807, 2.05) is 6.21 Å². The summed E-state index contributed by atoms with van der Waals surface area (Å²) in [6.45, 7) is 0. The molecule has 1 aromatic heterocycles. The summed E-state index contributed by atoms with van der Waals surface area (Å²) in [4.78, 5) is 15.6. The highest BCUT2D eigenvalue weighted by Crippen LogP contribution is 2.42. The Morgan fingerprint density at radius 1 is 1.33 bits per heavy atom. The number of hydrogen-bond acceptors (Lipinski definition) is 3. The molecular formula is C14H15N3O. The van der Waals surface area contributed by atoms with Gasteiger partial charge >= 0.3 is 0 Å². The van der Waals surface area contributed by atoms with Gasteiger partial charge in [-0.15, -0.1) is 0 Å². The largest absolute Gasteiger partial charge is 0.271 e. The molecule has 3 atom stereocenters. The predicted octanol–water partition coefficient (Wildman–Crippen LogP) is 2.01. The number of carbonyl (C=O) groups is 1. The maximum atomic E-state index is 11.7. The zero-order valence-corrected chi connectivity index (χ0v) is 9.99. The first kappa shape index (κ1) is 11.1. The maximum Gasteiger partial charge on any atom is 0.271 e. The quantitative estimate of drug-likeness (QED) is 0.500. The second kappa shape index (κ2) is 4.72. The van der Waals surface area contributed by atoms with Crippen molar-refractivity contribution in [2.45, 2.75) is 12.8 Å². The number of hydrazone groups is 1. The molecule has 1 saturated carbocycles. The molecule has 18 heavy (non-hydrogen) atoms. The van der Waals surface area contributed by atoms with Crippen molar-refractivity contribution in [2.75, 3.05) is 0 Å². The van der Waals surface area contributed by atoms with Gasteiger partial charge in [0.15, 0.2) is 0 Å². The van der Waals surface area contributed by atoms with Gasteiger partial charge < -0.3 is 0 Å². The Hall–Kier alpha value is -1.97. The monoisotopic (exact) mass is 241 g/mol. The number of aromatic nitrogens is 1. The van der Waals surface area contributed by atoms with Gasteiger partial charge in [0.2, 0.25) is 0 Å². The molecule has 3 rings (SSSR count). The van der Waals surface area contributed by atoms with E-state index in [2.05, 4.69) is 27.7 Å². The van der Waals surface area contributed by atoms with Crippen molar-refractivity contribution in [3.63, 3.8) is 0 Å². The zero-order valence-electron chi connectivity index (χ0n) is 9.99. The SMILES string of the molecule is O=C(N/N=C\[C@H]1C[C@@H]2C=C[C@H]1C2)c1ccncc1. The van der Waals surface area contributed by atoms with Gasteiger partial charge in [-0.05, 0) is 36.8 Å². The Labute approximate surface area is 106 Å². The van der Waals surface area contributed by atoms with Gasteiger partial charge in [0.1, 0.15) is 0 Å². The van der Waals surface area contributed by atoms with E-state index in [1.165, 1.54) is 6.42 Å². The van der Waals surface area contributed by atoms with E-state index in [1.54, 1.807) is 24.5 Å². The highest BCUT2D eigenvalue weighted by Gasteiger charge is 2.34. The van der Waals surface area contributed by atoms with Crippen LogP contribution in [0.1, 0.15) is 23.2 Å². The van der Waals surface area contributed by atoms with Gasteiger partial charge in [-0.3, -0.25) is 9.78 Å². The highest BCUT2D eigenvalue weighted by molar-refractivity contribution is 5.94. The second-order valence-corrected chi connectivity index (χ2v) is 4.90. The average molecular weight is 241 g/mol. The normalized spacial score (nSPS) is 29.0. The van der Waals surface area contributed by atoms with Crippen LogP contribution in [0.25, 0.3) is 0 Å². The Balaban J connectivity index is 1.55. The number of hydrogen-bond donors (Lipinski definition) is 1. The third kappa shape index (κ3) is 2.18.